The molecule has 0 unspecified atom stereocenters. The summed E-state index contributed by atoms with van der Waals surface area (Å²) in [6, 6.07) is 2.42. The van der Waals surface area contributed by atoms with Crippen molar-refractivity contribution in [3.05, 3.63) is 36.3 Å². The molecule has 0 bridgehead atoms. The number of carbonyl (C=O) groups is 2. The minimum atomic E-state index is -0.513. The summed E-state index contributed by atoms with van der Waals surface area (Å²) in [5, 5.41) is 0. The maximum Gasteiger partial charge on any atom is 0.259 e. The standard InChI is InChI=1S/C9H5FN2O2/c10-6-1-2-7(11-5-6)12-8(13)3-4-9(12)14/h1-5H. The Morgan fingerprint density at radius 1 is 1.14 bits per heavy atom. The molecule has 14 heavy (non-hydrogen) atoms. The molecule has 1 aromatic heterocycles. The number of hydrogen-bond donors (Lipinski definition) is 0. The molecule has 0 saturated heterocycles. The van der Waals surface area contributed by atoms with Gasteiger partial charge in [-0.15, -0.1) is 0 Å². The Hall–Kier alpha value is -2.04. The molecule has 1 aliphatic heterocycles. The molecule has 0 aromatic carbocycles. The number of nitrogens with zero attached hydrogens (tertiary/aromatic N) is 2. The number of rotatable bonds is 1. The van der Waals surface area contributed by atoms with E-state index in [-0.39, 0.29) is 5.82 Å². The molecule has 0 aliphatic carbocycles. The molecular weight excluding hydrogens is 187 g/mol. The highest BCUT2D eigenvalue weighted by molar-refractivity contribution is 6.27. The van der Waals surface area contributed by atoms with Gasteiger partial charge >= 0.3 is 0 Å². The van der Waals surface area contributed by atoms with Crippen molar-refractivity contribution in [3.63, 3.8) is 0 Å². The van der Waals surface area contributed by atoms with Crippen LogP contribution < -0.4 is 4.90 Å². The zero-order valence-corrected chi connectivity index (χ0v) is 6.98. The SMILES string of the molecule is O=C1C=CC(=O)N1c1ccc(F)cn1. The van der Waals surface area contributed by atoms with Crippen LogP contribution in [0.5, 0.6) is 0 Å². The molecule has 0 N–H and O–H groups in total. The van der Waals surface area contributed by atoms with Gasteiger partial charge in [-0.25, -0.2) is 14.3 Å². The Morgan fingerprint density at radius 3 is 2.29 bits per heavy atom. The summed E-state index contributed by atoms with van der Waals surface area (Å²) >= 11 is 0. The number of carbonyl (C=O) groups excluding carboxylic acids is 2. The van der Waals surface area contributed by atoms with Crippen LogP contribution in [0.15, 0.2) is 30.5 Å². The molecule has 2 rings (SSSR count). The van der Waals surface area contributed by atoms with E-state index >= 15 is 0 Å². The summed E-state index contributed by atoms with van der Waals surface area (Å²) in [7, 11) is 0. The van der Waals surface area contributed by atoms with Crippen molar-refractivity contribution in [3.8, 4) is 0 Å². The summed E-state index contributed by atoms with van der Waals surface area (Å²) in [6.07, 6.45) is 3.24. The molecule has 0 fully saturated rings. The maximum absolute atomic E-state index is 12.5. The predicted molar refractivity (Wildman–Crippen MR) is 45.8 cm³/mol. The second kappa shape index (κ2) is 3.02. The molecule has 0 saturated carbocycles. The third-order valence-corrected chi connectivity index (χ3v) is 1.75. The van der Waals surface area contributed by atoms with Gasteiger partial charge in [0, 0.05) is 12.2 Å². The summed E-state index contributed by atoms with van der Waals surface area (Å²) in [5.74, 6) is -1.31. The van der Waals surface area contributed by atoms with Crippen LogP contribution in [-0.2, 0) is 9.59 Å². The molecule has 1 aromatic rings. The van der Waals surface area contributed by atoms with Crippen molar-refractivity contribution in [2.75, 3.05) is 4.90 Å². The van der Waals surface area contributed by atoms with Crippen molar-refractivity contribution < 1.29 is 14.0 Å². The number of hydrogen-bond acceptors (Lipinski definition) is 3. The first kappa shape index (κ1) is 8.55. The molecule has 2 amide bonds. The fourth-order valence-electron chi connectivity index (χ4n) is 1.13. The first-order chi connectivity index (χ1) is 6.68. The van der Waals surface area contributed by atoms with Gasteiger partial charge in [0.25, 0.3) is 11.8 Å². The van der Waals surface area contributed by atoms with Gasteiger partial charge in [0.15, 0.2) is 0 Å². The number of imide groups is 1. The zero-order valence-electron chi connectivity index (χ0n) is 6.98. The lowest BCUT2D eigenvalue weighted by Crippen LogP contribution is -2.30. The largest absolute Gasteiger partial charge is 0.269 e. The molecule has 0 radical (unpaired) electrons. The smallest absolute Gasteiger partial charge is 0.259 e. The highest BCUT2D eigenvalue weighted by Gasteiger charge is 2.25. The lowest BCUT2D eigenvalue weighted by molar-refractivity contribution is -0.120. The molecule has 5 heteroatoms. The lowest BCUT2D eigenvalue weighted by atomic mass is 10.4. The highest BCUT2D eigenvalue weighted by atomic mass is 19.1. The third kappa shape index (κ3) is 1.28. The molecule has 0 atom stereocenters. The summed E-state index contributed by atoms with van der Waals surface area (Å²) < 4.78 is 12.5. The Morgan fingerprint density at radius 2 is 1.79 bits per heavy atom. The maximum atomic E-state index is 12.5. The fraction of sp³-hybridized carbons (Fsp3) is 0. The van der Waals surface area contributed by atoms with Crippen LogP contribution in [0.4, 0.5) is 10.2 Å². The zero-order chi connectivity index (χ0) is 10.1. The Bertz CT molecular complexity index is 407. The minimum Gasteiger partial charge on any atom is -0.269 e. The highest BCUT2D eigenvalue weighted by Crippen LogP contribution is 2.15. The van der Waals surface area contributed by atoms with Crippen molar-refractivity contribution in [2.45, 2.75) is 0 Å². The van der Waals surface area contributed by atoms with Gasteiger partial charge in [-0.2, -0.15) is 0 Å². The minimum absolute atomic E-state index is 0.131. The van der Waals surface area contributed by atoms with Gasteiger partial charge in [-0.3, -0.25) is 9.59 Å². The van der Waals surface area contributed by atoms with E-state index in [1.54, 1.807) is 0 Å². The molecular formula is C9H5FN2O2. The average molecular weight is 192 g/mol. The van der Waals surface area contributed by atoms with E-state index in [2.05, 4.69) is 4.98 Å². The van der Waals surface area contributed by atoms with Gasteiger partial charge < -0.3 is 0 Å². The molecule has 0 spiro atoms. The Balaban J connectivity index is 2.36. The summed E-state index contributed by atoms with van der Waals surface area (Å²) in [5.41, 5.74) is 0. The van der Waals surface area contributed by atoms with Crippen molar-refractivity contribution in [1.29, 1.82) is 0 Å². The van der Waals surface area contributed by atoms with Gasteiger partial charge in [-0.05, 0) is 12.1 Å². The topological polar surface area (TPSA) is 50.3 Å². The van der Waals surface area contributed by atoms with Crippen LogP contribution >= 0.6 is 0 Å². The van der Waals surface area contributed by atoms with E-state index < -0.39 is 17.6 Å². The fourth-order valence-corrected chi connectivity index (χ4v) is 1.13. The van der Waals surface area contributed by atoms with Gasteiger partial charge in [-0.1, -0.05) is 0 Å². The van der Waals surface area contributed by atoms with Crippen LogP contribution in [0.1, 0.15) is 0 Å². The Kier molecular flexibility index (Phi) is 1.85. The van der Waals surface area contributed by atoms with E-state index in [0.29, 0.717) is 0 Å². The first-order valence-electron chi connectivity index (χ1n) is 3.86. The van der Waals surface area contributed by atoms with Gasteiger partial charge in [0.2, 0.25) is 0 Å². The van der Waals surface area contributed by atoms with Crippen molar-refractivity contribution in [1.82, 2.24) is 4.98 Å². The first-order valence-corrected chi connectivity index (χ1v) is 3.86. The Labute approximate surface area is 78.7 Å². The van der Waals surface area contributed by atoms with E-state index in [4.69, 9.17) is 0 Å². The van der Waals surface area contributed by atoms with E-state index in [1.807, 2.05) is 0 Å². The second-order valence-corrected chi connectivity index (χ2v) is 2.68. The number of pyridine rings is 1. The van der Waals surface area contributed by atoms with Crippen LogP contribution in [0.25, 0.3) is 0 Å². The molecule has 1 aliphatic rings. The molecule has 70 valence electrons. The van der Waals surface area contributed by atoms with E-state index in [1.165, 1.54) is 6.07 Å². The van der Waals surface area contributed by atoms with Crippen LogP contribution in [0.3, 0.4) is 0 Å². The predicted octanol–water partition coefficient (Wildman–Crippen LogP) is 0.650. The third-order valence-electron chi connectivity index (χ3n) is 1.75. The summed E-state index contributed by atoms with van der Waals surface area (Å²) in [4.78, 5) is 26.8. The normalized spacial score (nSPS) is 15.4. The monoisotopic (exact) mass is 192 g/mol. The van der Waals surface area contributed by atoms with Crippen molar-refractivity contribution >= 4 is 17.6 Å². The average Bonchev–Trinajstić information content (AvgIpc) is 2.49. The molecule has 4 nitrogen and oxygen atoms in total. The van der Waals surface area contributed by atoms with Crippen LogP contribution in [0.2, 0.25) is 0 Å². The van der Waals surface area contributed by atoms with Crippen molar-refractivity contribution in [2.24, 2.45) is 0 Å². The van der Waals surface area contributed by atoms with Crippen LogP contribution in [-0.4, -0.2) is 16.8 Å². The number of anilines is 1. The lowest BCUT2D eigenvalue weighted by Gasteiger charge is -2.11. The number of halogens is 1. The number of aromatic nitrogens is 1. The van der Waals surface area contributed by atoms with E-state index in [0.717, 1.165) is 29.3 Å². The van der Waals surface area contributed by atoms with E-state index in [9.17, 15) is 14.0 Å². The van der Waals surface area contributed by atoms with Gasteiger partial charge in [0.05, 0.1) is 6.20 Å². The van der Waals surface area contributed by atoms with Gasteiger partial charge in [0.1, 0.15) is 11.6 Å². The molecule has 2 heterocycles. The second-order valence-electron chi connectivity index (χ2n) is 2.68. The summed E-state index contributed by atoms with van der Waals surface area (Å²) in [6.45, 7) is 0. The quantitative estimate of drug-likeness (QED) is 0.614. The van der Waals surface area contributed by atoms with Crippen LogP contribution in [0, 0.1) is 5.82 Å². The number of amides is 2.